The molecule has 0 N–H and O–H groups in total. The fourth-order valence-corrected chi connectivity index (χ4v) is 2.54. The molecule has 0 spiro atoms. The van der Waals surface area contributed by atoms with Crippen LogP contribution in [0.15, 0.2) is 27.8 Å². The summed E-state index contributed by atoms with van der Waals surface area (Å²) >= 11 is 12.9. The van der Waals surface area contributed by atoms with E-state index in [1.54, 1.807) is 18.2 Å². The highest BCUT2D eigenvalue weighted by Crippen LogP contribution is 2.24. The van der Waals surface area contributed by atoms with Crippen molar-refractivity contribution in [3.8, 4) is 0 Å². The number of carbonyl (C=O) groups is 1. The number of ketones is 1. The number of carbonyl (C=O) groups excluding carboxylic acids is 1. The third-order valence-electron chi connectivity index (χ3n) is 2.31. The summed E-state index contributed by atoms with van der Waals surface area (Å²) in [6, 6.07) is 4.79. The van der Waals surface area contributed by atoms with E-state index < -0.39 is 0 Å². The van der Waals surface area contributed by atoms with E-state index in [9.17, 15) is 4.79 Å². The monoisotopic (exact) mass is 316 g/mol. The minimum absolute atomic E-state index is 0.108. The van der Waals surface area contributed by atoms with E-state index >= 15 is 0 Å². The summed E-state index contributed by atoms with van der Waals surface area (Å²) in [6.07, 6.45) is 0.671. The molecule has 7 heteroatoms. The predicted molar refractivity (Wildman–Crippen MR) is 75.2 cm³/mol. The first-order valence-electron chi connectivity index (χ1n) is 5.53. The highest BCUT2D eigenvalue weighted by atomic mass is 35.5. The molecule has 100 valence electrons. The Hall–Kier alpha value is -1.04. The number of hydrogen-bond acceptors (Lipinski definition) is 5. The summed E-state index contributed by atoms with van der Waals surface area (Å²) in [7, 11) is 0. The van der Waals surface area contributed by atoms with Gasteiger partial charge in [0.15, 0.2) is 5.78 Å². The molecule has 0 aliphatic rings. The third kappa shape index (κ3) is 3.72. The second-order valence-electron chi connectivity index (χ2n) is 3.65. The second kappa shape index (κ2) is 6.41. The zero-order valence-electron chi connectivity index (χ0n) is 10.0. The molecule has 0 atom stereocenters. The van der Waals surface area contributed by atoms with E-state index in [1.165, 1.54) is 11.8 Å². The zero-order valence-corrected chi connectivity index (χ0v) is 12.3. The van der Waals surface area contributed by atoms with E-state index in [1.807, 2.05) is 6.92 Å². The molecule has 0 bridgehead atoms. The molecule has 0 aliphatic heterocycles. The van der Waals surface area contributed by atoms with Crippen molar-refractivity contribution in [2.45, 2.75) is 18.6 Å². The maximum atomic E-state index is 12.0. The molecule has 2 rings (SSSR count). The van der Waals surface area contributed by atoms with Gasteiger partial charge in [0.1, 0.15) is 0 Å². The maximum absolute atomic E-state index is 12.0. The van der Waals surface area contributed by atoms with Gasteiger partial charge < -0.3 is 4.42 Å². The number of benzene rings is 1. The van der Waals surface area contributed by atoms with Crippen molar-refractivity contribution in [1.82, 2.24) is 10.2 Å². The van der Waals surface area contributed by atoms with Crippen molar-refractivity contribution in [2.24, 2.45) is 0 Å². The lowest BCUT2D eigenvalue weighted by Gasteiger charge is -2.02. The average Bonchev–Trinajstić information content (AvgIpc) is 2.84. The van der Waals surface area contributed by atoms with Crippen molar-refractivity contribution < 1.29 is 9.21 Å². The van der Waals surface area contributed by atoms with Gasteiger partial charge >= 0.3 is 0 Å². The van der Waals surface area contributed by atoms with Gasteiger partial charge in [0, 0.05) is 17.0 Å². The number of nitrogens with zero attached hydrogens (tertiary/aromatic N) is 2. The normalized spacial score (nSPS) is 10.7. The Morgan fingerprint density at radius 1 is 1.37 bits per heavy atom. The Balaban J connectivity index is 2.01. The summed E-state index contributed by atoms with van der Waals surface area (Å²) in [5.74, 6) is 0.634. The van der Waals surface area contributed by atoms with Crippen molar-refractivity contribution >= 4 is 40.7 Å². The van der Waals surface area contributed by atoms with E-state index in [4.69, 9.17) is 27.6 Å². The highest BCUT2D eigenvalue weighted by molar-refractivity contribution is 7.99. The molecule has 0 saturated carbocycles. The first-order chi connectivity index (χ1) is 9.10. The average molecular weight is 317 g/mol. The van der Waals surface area contributed by atoms with Gasteiger partial charge in [0.05, 0.1) is 10.8 Å². The lowest BCUT2D eigenvalue weighted by molar-refractivity contribution is 0.102. The van der Waals surface area contributed by atoms with Crippen LogP contribution >= 0.6 is 35.0 Å². The molecule has 0 fully saturated rings. The Labute approximate surface area is 124 Å². The van der Waals surface area contributed by atoms with Gasteiger partial charge in [-0.05, 0) is 18.2 Å². The molecular formula is C12H10Cl2N2O2S. The molecule has 0 saturated heterocycles. The van der Waals surface area contributed by atoms with Crippen LogP contribution in [0.1, 0.15) is 23.2 Å². The summed E-state index contributed by atoms with van der Waals surface area (Å²) in [4.78, 5) is 12.0. The van der Waals surface area contributed by atoms with Crippen molar-refractivity contribution in [3.63, 3.8) is 0 Å². The Morgan fingerprint density at radius 2 is 2.16 bits per heavy atom. The topological polar surface area (TPSA) is 56.0 Å². The SMILES string of the molecule is CCc1nnc(SCC(=O)c2ccc(Cl)cc2Cl)o1. The van der Waals surface area contributed by atoms with Gasteiger partial charge in [-0.3, -0.25) is 4.79 Å². The number of aromatic nitrogens is 2. The number of rotatable bonds is 5. The van der Waals surface area contributed by atoms with Crippen molar-refractivity contribution in [1.29, 1.82) is 0 Å². The quantitative estimate of drug-likeness (QED) is 0.618. The van der Waals surface area contributed by atoms with Gasteiger partial charge in [-0.15, -0.1) is 10.2 Å². The van der Waals surface area contributed by atoms with Gasteiger partial charge in [-0.2, -0.15) is 0 Å². The summed E-state index contributed by atoms with van der Waals surface area (Å²) in [5, 5.41) is 8.88. The Morgan fingerprint density at radius 3 is 2.79 bits per heavy atom. The lowest BCUT2D eigenvalue weighted by Crippen LogP contribution is -2.03. The summed E-state index contributed by atoms with van der Waals surface area (Å²) in [5.41, 5.74) is 0.439. The Bertz CT molecular complexity index is 601. The molecule has 0 unspecified atom stereocenters. The fourth-order valence-electron chi connectivity index (χ4n) is 1.36. The lowest BCUT2D eigenvalue weighted by atomic mass is 10.1. The molecule has 4 nitrogen and oxygen atoms in total. The number of hydrogen-bond donors (Lipinski definition) is 0. The van der Waals surface area contributed by atoms with Crippen LogP contribution in [0, 0.1) is 0 Å². The van der Waals surface area contributed by atoms with Gasteiger partial charge in [-0.1, -0.05) is 41.9 Å². The van der Waals surface area contributed by atoms with Gasteiger partial charge in [-0.25, -0.2) is 0 Å². The van der Waals surface area contributed by atoms with Gasteiger partial charge in [0.2, 0.25) is 5.89 Å². The van der Waals surface area contributed by atoms with Crippen molar-refractivity contribution in [3.05, 3.63) is 39.7 Å². The van der Waals surface area contributed by atoms with Crippen molar-refractivity contribution in [2.75, 3.05) is 5.75 Å². The fraction of sp³-hybridized carbons (Fsp3) is 0.250. The van der Waals surface area contributed by atoms with Crippen LogP contribution in [-0.4, -0.2) is 21.7 Å². The summed E-state index contributed by atoms with van der Waals surface area (Å²) < 4.78 is 5.30. The van der Waals surface area contributed by atoms with E-state index in [-0.39, 0.29) is 11.5 Å². The summed E-state index contributed by atoms with van der Waals surface area (Å²) in [6.45, 7) is 1.92. The molecule has 0 radical (unpaired) electrons. The molecule has 2 aromatic rings. The highest BCUT2D eigenvalue weighted by Gasteiger charge is 2.13. The predicted octanol–water partition coefficient (Wildman–Crippen LogP) is 3.91. The molecule has 0 amide bonds. The third-order valence-corrected chi connectivity index (χ3v) is 3.68. The van der Waals surface area contributed by atoms with E-state index in [0.29, 0.717) is 33.1 Å². The zero-order chi connectivity index (χ0) is 13.8. The molecule has 1 heterocycles. The molecule has 1 aromatic heterocycles. The number of Topliss-reactive ketones (excluding diaryl/α,β-unsaturated/α-hetero) is 1. The first kappa shape index (κ1) is 14.4. The minimum atomic E-state index is -0.108. The number of aryl methyl sites for hydroxylation is 1. The molecule has 19 heavy (non-hydrogen) atoms. The molecular weight excluding hydrogens is 307 g/mol. The van der Waals surface area contributed by atoms with Crippen LogP contribution in [0.25, 0.3) is 0 Å². The van der Waals surface area contributed by atoms with Crippen LogP contribution in [0.5, 0.6) is 0 Å². The first-order valence-corrected chi connectivity index (χ1v) is 7.27. The van der Waals surface area contributed by atoms with E-state index in [2.05, 4.69) is 10.2 Å². The van der Waals surface area contributed by atoms with Crippen LogP contribution in [-0.2, 0) is 6.42 Å². The smallest absolute Gasteiger partial charge is 0.277 e. The number of halogens is 2. The second-order valence-corrected chi connectivity index (χ2v) is 5.42. The standard InChI is InChI=1S/C12H10Cl2N2O2S/c1-2-11-15-16-12(18-11)19-6-10(17)8-4-3-7(13)5-9(8)14/h3-5H,2,6H2,1H3. The van der Waals surface area contributed by atoms with Crippen LogP contribution in [0.2, 0.25) is 10.0 Å². The van der Waals surface area contributed by atoms with Crippen LogP contribution < -0.4 is 0 Å². The van der Waals surface area contributed by atoms with Crippen LogP contribution in [0.3, 0.4) is 0 Å². The number of thioether (sulfide) groups is 1. The molecule has 0 aliphatic carbocycles. The van der Waals surface area contributed by atoms with Gasteiger partial charge in [0.25, 0.3) is 5.22 Å². The Kier molecular flexibility index (Phi) is 4.85. The largest absolute Gasteiger partial charge is 0.416 e. The van der Waals surface area contributed by atoms with E-state index in [0.717, 1.165) is 0 Å². The maximum Gasteiger partial charge on any atom is 0.277 e. The minimum Gasteiger partial charge on any atom is -0.416 e. The van der Waals surface area contributed by atoms with Crippen LogP contribution in [0.4, 0.5) is 0 Å². The molecule has 1 aromatic carbocycles.